The minimum absolute atomic E-state index is 0.657. The van der Waals surface area contributed by atoms with Gasteiger partial charge < -0.3 is 0 Å². The molecule has 0 aromatic heterocycles. The van der Waals surface area contributed by atoms with Gasteiger partial charge in [0.1, 0.15) is 0 Å². The van der Waals surface area contributed by atoms with Gasteiger partial charge in [-0.25, -0.2) is 0 Å². The lowest BCUT2D eigenvalue weighted by molar-refractivity contribution is 0.458. The van der Waals surface area contributed by atoms with Crippen molar-refractivity contribution < 1.29 is 25.9 Å². The lowest BCUT2D eigenvalue weighted by atomic mass is 10.4. The summed E-state index contributed by atoms with van der Waals surface area (Å²) in [6.45, 7) is 0.657. The van der Waals surface area contributed by atoms with Crippen LogP contribution in [0.3, 0.4) is 0 Å². The van der Waals surface area contributed by atoms with Crippen molar-refractivity contribution in [1.29, 1.82) is 0 Å². The van der Waals surface area contributed by atoms with Crippen LogP contribution in [0, 0.1) is 0 Å². The second-order valence-corrected chi connectivity index (χ2v) is 7.14. The van der Waals surface area contributed by atoms with E-state index in [-0.39, 0.29) is 0 Å². The SMILES string of the molecule is C1CCCC1.CC(S(=O)(=O)O)S(=O)(=O)O. The normalized spacial score (nSPS) is 17.3. The second-order valence-electron chi connectivity index (χ2n) is 3.37. The Labute approximate surface area is 90.2 Å². The predicted molar refractivity (Wildman–Crippen MR) is 55.6 cm³/mol. The molecule has 92 valence electrons. The van der Waals surface area contributed by atoms with E-state index in [0.29, 0.717) is 6.92 Å². The third-order valence-corrected chi connectivity index (χ3v) is 5.23. The highest BCUT2D eigenvalue weighted by Gasteiger charge is 2.29. The van der Waals surface area contributed by atoms with E-state index in [1.54, 1.807) is 0 Å². The van der Waals surface area contributed by atoms with E-state index in [4.69, 9.17) is 9.11 Å². The van der Waals surface area contributed by atoms with E-state index in [2.05, 4.69) is 0 Å². The summed E-state index contributed by atoms with van der Waals surface area (Å²) in [5.74, 6) is 0. The van der Waals surface area contributed by atoms with Gasteiger partial charge in [0, 0.05) is 0 Å². The smallest absolute Gasteiger partial charge is 0.284 e. The third-order valence-electron chi connectivity index (χ3n) is 2.09. The summed E-state index contributed by atoms with van der Waals surface area (Å²) in [6, 6.07) is 0. The zero-order valence-electron chi connectivity index (χ0n) is 8.46. The first-order valence-corrected chi connectivity index (χ1v) is 7.59. The Bertz CT molecular complexity index is 325. The fourth-order valence-corrected chi connectivity index (χ4v) is 2.27. The summed E-state index contributed by atoms with van der Waals surface area (Å²) < 4.78 is 53.9. The van der Waals surface area contributed by atoms with Gasteiger partial charge in [-0.1, -0.05) is 32.1 Å². The molecule has 1 saturated carbocycles. The number of hydrogen-bond acceptors (Lipinski definition) is 4. The van der Waals surface area contributed by atoms with Gasteiger partial charge in [0.05, 0.1) is 0 Å². The maximum absolute atomic E-state index is 9.99. The van der Waals surface area contributed by atoms with E-state index < -0.39 is 24.8 Å². The molecule has 0 aromatic carbocycles. The van der Waals surface area contributed by atoms with Gasteiger partial charge in [0.15, 0.2) is 0 Å². The first-order valence-electron chi connectivity index (χ1n) is 4.58. The number of hydrogen-bond donors (Lipinski definition) is 2. The van der Waals surface area contributed by atoms with Crippen molar-refractivity contribution in [3.8, 4) is 0 Å². The van der Waals surface area contributed by atoms with Crippen LogP contribution < -0.4 is 0 Å². The Morgan fingerprint density at radius 2 is 1.00 bits per heavy atom. The summed E-state index contributed by atoms with van der Waals surface area (Å²) in [6.07, 6.45) is 7.50. The van der Waals surface area contributed by atoms with Gasteiger partial charge in [-0.05, 0) is 6.92 Å². The Hall–Kier alpha value is -0.180. The molecule has 0 aliphatic heterocycles. The minimum atomic E-state index is -4.70. The second kappa shape index (κ2) is 5.78. The van der Waals surface area contributed by atoms with Crippen molar-refractivity contribution in [3.05, 3.63) is 0 Å². The molecule has 6 nitrogen and oxygen atoms in total. The fraction of sp³-hybridized carbons (Fsp3) is 1.00. The van der Waals surface area contributed by atoms with Crippen LogP contribution in [0.2, 0.25) is 0 Å². The third kappa shape index (κ3) is 6.82. The van der Waals surface area contributed by atoms with Gasteiger partial charge in [-0.3, -0.25) is 9.11 Å². The molecule has 0 aromatic rings. The molecule has 0 spiro atoms. The maximum atomic E-state index is 9.99. The molecule has 0 bridgehead atoms. The maximum Gasteiger partial charge on any atom is 0.284 e. The van der Waals surface area contributed by atoms with Crippen LogP contribution in [0.1, 0.15) is 39.0 Å². The summed E-state index contributed by atoms with van der Waals surface area (Å²) in [4.78, 5) is 0. The van der Waals surface area contributed by atoms with Gasteiger partial charge in [-0.15, -0.1) is 0 Å². The summed E-state index contributed by atoms with van der Waals surface area (Å²) in [5, 5.41) is 0. The minimum Gasteiger partial charge on any atom is -0.284 e. The van der Waals surface area contributed by atoms with Crippen molar-refractivity contribution in [1.82, 2.24) is 0 Å². The Kier molecular flexibility index (Phi) is 5.71. The molecule has 1 aliphatic rings. The molecule has 15 heavy (non-hydrogen) atoms. The first-order chi connectivity index (χ1) is 6.65. The van der Waals surface area contributed by atoms with Crippen LogP contribution in [0.15, 0.2) is 0 Å². The molecule has 1 aliphatic carbocycles. The van der Waals surface area contributed by atoms with E-state index in [1.807, 2.05) is 0 Å². The molecule has 1 rings (SSSR count). The van der Waals surface area contributed by atoms with E-state index in [0.717, 1.165) is 0 Å². The highest BCUT2D eigenvalue weighted by atomic mass is 32.3. The zero-order chi connectivity index (χ0) is 12.1. The first kappa shape index (κ1) is 14.8. The fourth-order valence-electron chi connectivity index (χ4n) is 1.04. The van der Waals surface area contributed by atoms with Crippen LogP contribution in [-0.2, 0) is 20.2 Å². The molecule has 0 saturated heterocycles. The van der Waals surface area contributed by atoms with Crippen molar-refractivity contribution in [2.24, 2.45) is 0 Å². The van der Waals surface area contributed by atoms with Crippen LogP contribution in [0.25, 0.3) is 0 Å². The highest BCUT2D eigenvalue weighted by molar-refractivity contribution is 8.03. The average Bonchev–Trinajstić information content (AvgIpc) is 2.56. The monoisotopic (exact) mass is 260 g/mol. The van der Waals surface area contributed by atoms with Crippen molar-refractivity contribution in [2.45, 2.75) is 43.6 Å². The topological polar surface area (TPSA) is 109 Å². The highest BCUT2D eigenvalue weighted by Crippen LogP contribution is 2.15. The standard InChI is InChI=1S/C5H10.C2H6O6S2/c1-2-4-5-3-1;1-2(9(3,4)5)10(6,7)8/h1-5H2;2H,1H3,(H,3,4,5)(H,6,7,8). The molecule has 1 fully saturated rings. The van der Waals surface area contributed by atoms with Crippen molar-refractivity contribution in [2.75, 3.05) is 0 Å². The lowest BCUT2D eigenvalue weighted by Crippen LogP contribution is -2.25. The largest absolute Gasteiger partial charge is 0.284 e. The van der Waals surface area contributed by atoms with Gasteiger partial charge in [0.2, 0.25) is 4.58 Å². The molecule has 0 unspecified atom stereocenters. The summed E-state index contributed by atoms with van der Waals surface area (Å²) in [5.41, 5.74) is 0. The Morgan fingerprint density at radius 1 is 0.800 bits per heavy atom. The lowest BCUT2D eigenvalue weighted by Gasteiger charge is -2.01. The number of rotatable bonds is 2. The van der Waals surface area contributed by atoms with E-state index in [9.17, 15) is 16.8 Å². The molecule has 0 heterocycles. The quantitative estimate of drug-likeness (QED) is 0.718. The molecule has 0 atom stereocenters. The van der Waals surface area contributed by atoms with Crippen LogP contribution in [-0.4, -0.2) is 30.5 Å². The van der Waals surface area contributed by atoms with Gasteiger partial charge in [0.25, 0.3) is 20.2 Å². The van der Waals surface area contributed by atoms with E-state index in [1.165, 1.54) is 32.1 Å². The Balaban J connectivity index is 0.000000322. The molecule has 0 radical (unpaired) electrons. The van der Waals surface area contributed by atoms with E-state index >= 15 is 0 Å². The van der Waals surface area contributed by atoms with Crippen molar-refractivity contribution in [3.63, 3.8) is 0 Å². The van der Waals surface area contributed by atoms with Gasteiger partial charge in [-0.2, -0.15) is 16.8 Å². The molecule has 8 heteroatoms. The van der Waals surface area contributed by atoms with Crippen LogP contribution in [0.5, 0.6) is 0 Å². The van der Waals surface area contributed by atoms with Crippen LogP contribution >= 0.6 is 0 Å². The molecular weight excluding hydrogens is 244 g/mol. The summed E-state index contributed by atoms with van der Waals surface area (Å²) >= 11 is 0. The molecular formula is C7H16O6S2. The predicted octanol–water partition coefficient (Wildman–Crippen LogP) is 1.06. The van der Waals surface area contributed by atoms with Crippen molar-refractivity contribution >= 4 is 20.2 Å². The Morgan fingerprint density at radius 3 is 1.07 bits per heavy atom. The average molecular weight is 260 g/mol. The zero-order valence-corrected chi connectivity index (χ0v) is 10.1. The molecule has 0 amide bonds. The van der Waals surface area contributed by atoms with Crippen LogP contribution in [0.4, 0.5) is 0 Å². The summed E-state index contributed by atoms with van der Waals surface area (Å²) in [7, 11) is -9.40. The molecule has 2 N–H and O–H groups in total. The van der Waals surface area contributed by atoms with Gasteiger partial charge >= 0.3 is 0 Å².